The van der Waals surface area contributed by atoms with Crippen molar-refractivity contribution in [1.29, 1.82) is 0 Å². The molecule has 0 bridgehead atoms. The quantitative estimate of drug-likeness (QED) is 0.811. The van der Waals surface area contributed by atoms with Crippen LogP contribution in [0.25, 0.3) is 0 Å². The van der Waals surface area contributed by atoms with Gasteiger partial charge < -0.3 is 15.1 Å². The second kappa shape index (κ2) is 4.13. The van der Waals surface area contributed by atoms with Gasteiger partial charge in [-0.05, 0) is 6.07 Å². The number of carbonyl (C=O) groups excluding carboxylic acids is 1. The highest BCUT2D eigenvalue weighted by Crippen LogP contribution is 2.37. The van der Waals surface area contributed by atoms with E-state index >= 15 is 0 Å². The van der Waals surface area contributed by atoms with Gasteiger partial charge >= 0.3 is 0 Å². The molecule has 6 heteroatoms. The van der Waals surface area contributed by atoms with Crippen LogP contribution < -0.4 is 4.90 Å². The molecular formula is C10H9Cl2NO3. The molecular weight excluding hydrogens is 253 g/mol. The topological polar surface area (TPSA) is 60.8 Å². The number of phenols is 1. The third-order valence-electron chi connectivity index (χ3n) is 2.41. The Kier molecular flexibility index (Phi) is 2.97. The molecule has 1 aromatic rings. The van der Waals surface area contributed by atoms with Crippen molar-refractivity contribution in [2.24, 2.45) is 0 Å². The molecule has 1 aromatic carbocycles. The molecule has 1 saturated heterocycles. The Morgan fingerprint density at radius 1 is 1.31 bits per heavy atom. The summed E-state index contributed by atoms with van der Waals surface area (Å²) in [6.07, 6.45) is -0.624. The number of hydrogen-bond donors (Lipinski definition) is 2. The molecule has 0 aromatic heterocycles. The van der Waals surface area contributed by atoms with Crippen LogP contribution in [0, 0.1) is 0 Å². The first-order valence-corrected chi connectivity index (χ1v) is 5.41. The maximum absolute atomic E-state index is 11.5. The Labute approximate surface area is 102 Å². The lowest BCUT2D eigenvalue weighted by atomic mass is 10.2. The molecule has 0 saturated carbocycles. The number of β-amino-alcohol motifs (C(OH)–C–C–N with tert-alkyl or cyclic N) is 1. The van der Waals surface area contributed by atoms with Crippen LogP contribution in [0.4, 0.5) is 5.69 Å². The fourth-order valence-electron chi connectivity index (χ4n) is 1.65. The van der Waals surface area contributed by atoms with E-state index in [0.717, 1.165) is 0 Å². The van der Waals surface area contributed by atoms with E-state index in [1.54, 1.807) is 0 Å². The standard InChI is InChI=1S/C10H9Cl2NO3/c11-6-2-7(12)9(15)3-8(6)13-4-5(14)1-10(13)16/h2-3,5,14-15H,1,4H2. The van der Waals surface area contributed by atoms with Crippen molar-refractivity contribution in [3.63, 3.8) is 0 Å². The van der Waals surface area contributed by atoms with Crippen LogP contribution >= 0.6 is 23.2 Å². The summed E-state index contributed by atoms with van der Waals surface area (Å²) in [4.78, 5) is 12.9. The van der Waals surface area contributed by atoms with Crippen molar-refractivity contribution < 1.29 is 15.0 Å². The smallest absolute Gasteiger partial charge is 0.229 e. The number of amides is 1. The van der Waals surface area contributed by atoms with Crippen LogP contribution in [0.2, 0.25) is 10.0 Å². The zero-order valence-corrected chi connectivity index (χ0v) is 9.66. The molecule has 1 aliphatic heterocycles. The Balaban J connectivity index is 2.41. The van der Waals surface area contributed by atoms with Gasteiger partial charge in [0.15, 0.2) is 0 Å². The van der Waals surface area contributed by atoms with E-state index in [9.17, 15) is 15.0 Å². The number of carbonyl (C=O) groups is 1. The molecule has 2 rings (SSSR count). The van der Waals surface area contributed by atoms with Gasteiger partial charge in [0.05, 0.1) is 34.8 Å². The van der Waals surface area contributed by atoms with Crippen molar-refractivity contribution in [3.05, 3.63) is 22.2 Å². The molecule has 2 N–H and O–H groups in total. The van der Waals surface area contributed by atoms with E-state index in [-0.39, 0.29) is 34.7 Å². The molecule has 0 radical (unpaired) electrons. The van der Waals surface area contributed by atoms with Gasteiger partial charge in [0.2, 0.25) is 5.91 Å². The summed E-state index contributed by atoms with van der Waals surface area (Å²) in [5, 5.41) is 19.2. The number of rotatable bonds is 1. The fraction of sp³-hybridized carbons (Fsp3) is 0.300. The monoisotopic (exact) mass is 261 g/mol. The number of aliphatic hydroxyl groups excluding tert-OH is 1. The molecule has 86 valence electrons. The number of phenolic OH excluding ortho intramolecular Hbond substituents is 1. The minimum atomic E-state index is -0.693. The van der Waals surface area contributed by atoms with Gasteiger partial charge in [0.25, 0.3) is 0 Å². The Morgan fingerprint density at radius 3 is 2.56 bits per heavy atom. The van der Waals surface area contributed by atoms with Gasteiger partial charge in [-0.25, -0.2) is 0 Å². The molecule has 1 amide bonds. The molecule has 4 nitrogen and oxygen atoms in total. The molecule has 1 unspecified atom stereocenters. The largest absolute Gasteiger partial charge is 0.506 e. The number of benzene rings is 1. The zero-order chi connectivity index (χ0) is 11.9. The number of aliphatic hydroxyl groups is 1. The first kappa shape index (κ1) is 11.5. The third-order valence-corrected chi connectivity index (χ3v) is 3.02. The van der Waals surface area contributed by atoms with Crippen LogP contribution in [0.5, 0.6) is 5.75 Å². The van der Waals surface area contributed by atoms with Crippen LogP contribution in [-0.2, 0) is 4.79 Å². The minimum Gasteiger partial charge on any atom is -0.506 e. The van der Waals surface area contributed by atoms with Gasteiger partial charge in [0, 0.05) is 6.07 Å². The summed E-state index contributed by atoms with van der Waals surface area (Å²) in [5.41, 5.74) is 0.366. The average molecular weight is 262 g/mol. The summed E-state index contributed by atoms with van der Waals surface area (Å²) in [5.74, 6) is -0.369. The van der Waals surface area contributed by atoms with Gasteiger partial charge in [-0.2, -0.15) is 0 Å². The molecule has 0 aliphatic carbocycles. The van der Waals surface area contributed by atoms with E-state index < -0.39 is 6.10 Å². The molecule has 1 fully saturated rings. The third kappa shape index (κ3) is 1.96. The first-order valence-electron chi connectivity index (χ1n) is 4.65. The normalized spacial score (nSPS) is 20.6. The van der Waals surface area contributed by atoms with Gasteiger partial charge in [-0.1, -0.05) is 23.2 Å². The number of halogens is 2. The van der Waals surface area contributed by atoms with Crippen LogP contribution in [0.1, 0.15) is 6.42 Å². The van der Waals surface area contributed by atoms with E-state index in [2.05, 4.69) is 0 Å². The van der Waals surface area contributed by atoms with Crippen LogP contribution in [0.15, 0.2) is 12.1 Å². The SMILES string of the molecule is O=C1CC(O)CN1c1cc(O)c(Cl)cc1Cl. The molecule has 1 heterocycles. The predicted octanol–water partition coefficient (Wildman–Crippen LogP) is 1.80. The summed E-state index contributed by atoms with van der Waals surface area (Å²) in [7, 11) is 0. The van der Waals surface area contributed by atoms with Crippen LogP contribution in [0.3, 0.4) is 0 Å². The lowest BCUT2D eigenvalue weighted by molar-refractivity contribution is -0.117. The Morgan fingerprint density at radius 2 is 2.00 bits per heavy atom. The van der Waals surface area contributed by atoms with Crippen molar-refractivity contribution in [2.45, 2.75) is 12.5 Å². The number of hydrogen-bond acceptors (Lipinski definition) is 3. The van der Waals surface area contributed by atoms with Crippen molar-refractivity contribution in [2.75, 3.05) is 11.4 Å². The van der Waals surface area contributed by atoms with Gasteiger partial charge in [-0.15, -0.1) is 0 Å². The second-order valence-electron chi connectivity index (χ2n) is 3.62. The van der Waals surface area contributed by atoms with Crippen molar-refractivity contribution >= 4 is 34.8 Å². The van der Waals surface area contributed by atoms with E-state index in [0.29, 0.717) is 5.69 Å². The maximum Gasteiger partial charge on any atom is 0.229 e. The number of aromatic hydroxyl groups is 1. The molecule has 1 aliphatic rings. The van der Waals surface area contributed by atoms with E-state index in [1.807, 2.05) is 0 Å². The highest BCUT2D eigenvalue weighted by atomic mass is 35.5. The van der Waals surface area contributed by atoms with Crippen molar-refractivity contribution in [3.8, 4) is 5.75 Å². The average Bonchev–Trinajstić information content (AvgIpc) is 2.51. The first-order chi connectivity index (χ1) is 7.49. The van der Waals surface area contributed by atoms with Gasteiger partial charge in [-0.3, -0.25) is 4.79 Å². The van der Waals surface area contributed by atoms with Crippen molar-refractivity contribution in [1.82, 2.24) is 0 Å². The second-order valence-corrected chi connectivity index (χ2v) is 4.43. The van der Waals surface area contributed by atoms with E-state index in [1.165, 1.54) is 17.0 Å². The Hall–Kier alpha value is -0.970. The number of anilines is 1. The fourth-order valence-corrected chi connectivity index (χ4v) is 2.14. The highest BCUT2D eigenvalue weighted by Gasteiger charge is 2.30. The van der Waals surface area contributed by atoms with Crippen LogP contribution in [-0.4, -0.2) is 28.8 Å². The molecule has 0 spiro atoms. The minimum absolute atomic E-state index is 0.0692. The predicted molar refractivity (Wildman–Crippen MR) is 61.1 cm³/mol. The molecule has 1 atom stereocenters. The summed E-state index contributed by atoms with van der Waals surface area (Å²) >= 11 is 11.6. The van der Waals surface area contributed by atoms with E-state index in [4.69, 9.17) is 23.2 Å². The lowest BCUT2D eigenvalue weighted by Gasteiger charge is -2.18. The lowest BCUT2D eigenvalue weighted by Crippen LogP contribution is -2.25. The number of nitrogens with zero attached hydrogens (tertiary/aromatic N) is 1. The highest BCUT2D eigenvalue weighted by molar-refractivity contribution is 6.37. The Bertz CT molecular complexity index is 450. The zero-order valence-electron chi connectivity index (χ0n) is 8.15. The summed E-state index contributed by atoms with van der Waals surface area (Å²) < 4.78 is 0. The maximum atomic E-state index is 11.5. The summed E-state index contributed by atoms with van der Waals surface area (Å²) in [6.45, 7) is 0.180. The van der Waals surface area contributed by atoms with Gasteiger partial charge in [0.1, 0.15) is 5.75 Å². The molecule has 16 heavy (non-hydrogen) atoms. The summed E-state index contributed by atoms with van der Waals surface area (Å²) in [6, 6.07) is 2.69.